The zero-order valence-corrected chi connectivity index (χ0v) is 10.5. The van der Waals surface area contributed by atoms with Gasteiger partial charge < -0.3 is 10.6 Å². The third kappa shape index (κ3) is 4.11. The molecular weight excluding hydrogens is 242 g/mol. The van der Waals surface area contributed by atoms with Crippen LogP contribution in [-0.2, 0) is 4.79 Å². The molecule has 1 fully saturated rings. The Morgan fingerprint density at radius 2 is 1.95 bits per heavy atom. The van der Waals surface area contributed by atoms with Crippen molar-refractivity contribution >= 4 is 11.8 Å². The maximum absolute atomic E-state index is 11.7. The molecule has 0 saturated heterocycles. The Labute approximate surface area is 111 Å². The molecule has 5 heteroatoms. The van der Waals surface area contributed by atoms with E-state index in [4.69, 9.17) is 5.26 Å². The van der Waals surface area contributed by atoms with E-state index in [-0.39, 0.29) is 11.8 Å². The molecule has 0 aromatic heterocycles. The van der Waals surface area contributed by atoms with Gasteiger partial charge in [-0.1, -0.05) is 0 Å². The summed E-state index contributed by atoms with van der Waals surface area (Å²) in [6.45, 7) is 0.317. The Bertz CT molecular complexity index is 512. The van der Waals surface area contributed by atoms with Crippen LogP contribution in [0.2, 0.25) is 0 Å². The molecule has 0 bridgehead atoms. The summed E-state index contributed by atoms with van der Waals surface area (Å²) >= 11 is 0. The number of amides is 2. The van der Waals surface area contributed by atoms with E-state index in [9.17, 15) is 9.59 Å². The van der Waals surface area contributed by atoms with Gasteiger partial charge in [-0.15, -0.1) is 0 Å². The van der Waals surface area contributed by atoms with Crippen molar-refractivity contribution in [2.45, 2.75) is 25.3 Å². The third-order valence-corrected chi connectivity index (χ3v) is 2.86. The van der Waals surface area contributed by atoms with E-state index in [1.165, 1.54) is 0 Å². The van der Waals surface area contributed by atoms with Gasteiger partial charge in [0.15, 0.2) is 0 Å². The van der Waals surface area contributed by atoms with E-state index in [1.54, 1.807) is 24.3 Å². The van der Waals surface area contributed by atoms with Crippen molar-refractivity contribution in [3.8, 4) is 6.07 Å². The van der Waals surface area contributed by atoms with Gasteiger partial charge in [-0.2, -0.15) is 5.26 Å². The molecule has 1 aromatic carbocycles. The molecule has 2 N–H and O–H groups in total. The molecule has 0 spiro atoms. The van der Waals surface area contributed by atoms with Gasteiger partial charge in [-0.05, 0) is 37.1 Å². The summed E-state index contributed by atoms with van der Waals surface area (Å²) in [7, 11) is 0. The minimum Gasteiger partial charge on any atom is -0.353 e. The Kier molecular flexibility index (Phi) is 4.14. The first-order valence-corrected chi connectivity index (χ1v) is 6.27. The standard InChI is InChI=1S/C14H15N3O2/c15-9-10-1-3-11(4-2-10)14(19)16-8-7-13(18)17-12-5-6-12/h1-4,12H,5-8H2,(H,16,19)(H,17,18). The molecule has 0 atom stereocenters. The minimum atomic E-state index is -0.233. The highest BCUT2D eigenvalue weighted by Gasteiger charge is 2.22. The predicted molar refractivity (Wildman–Crippen MR) is 69.3 cm³/mol. The molecule has 98 valence electrons. The topological polar surface area (TPSA) is 82.0 Å². The van der Waals surface area contributed by atoms with Crippen molar-refractivity contribution in [1.82, 2.24) is 10.6 Å². The second-order valence-electron chi connectivity index (χ2n) is 4.54. The summed E-state index contributed by atoms with van der Waals surface area (Å²) in [5, 5.41) is 14.2. The lowest BCUT2D eigenvalue weighted by Gasteiger charge is -2.06. The van der Waals surface area contributed by atoms with Gasteiger partial charge in [0.1, 0.15) is 0 Å². The SMILES string of the molecule is N#Cc1ccc(C(=O)NCCC(=O)NC2CC2)cc1. The first kappa shape index (κ1) is 13.1. The summed E-state index contributed by atoms with van der Waals surface area (Å²) in [5.74, 6) is -0.258. The molecule has 2 amide bonds. The maximum Gasteiger partial charge on any atom is 0.251 e. The number of carbonyl (C=O) groups is 2. The first-order valence-electron chi connectivity index (χ1n) is 6.27. The van der Waals surface area contributed by atoms with Crippen molar-refractivity contribution in [2.24, 2.45) is 0 Å². The van der Waals surface area contributed by atoms with Crippen LogP contribution in [0.3, 0.4) is 0 Å². The number of nitrogens with one attached hydrogen (secondary N) is 2. The van der Waals surface area contributed by atoms with Crippen LogP contribution >= 0.6 is 0 Å². The molecular formula is C14H15N3O2. The molecule has 1 aliphatic rings. The lowest BCUT2D eigenvalue weighted by Crippen LogP contribution is -2.31. The van der Waals surface area contributed by atoms with Gasteiger partial charge in [0, 0.05) is 24.6 Å². The molecule has 1 saturated carbocycles. The largest absolute Gasteiger partial charge is 0.353 e. The minimum absolute atomic E-state index is 0.0253. The lowest BCUT2D eigenvalue weighted by atomic mass is 10.1. The quantitative estimate of drug-likeness (QED) is 0.824. The zero-order chi connectivity index (χ0) is 13.7. The highest BCUT2D eigenvalue weighted by Crippen LogP contribution is 2.18. The fourth-order valence-corrected chi connectivity index (χ4v) is 1.62. The summed E-state index contributed by atoms with van der Waals surface area (Å²) in [6.07, 6.45) is 2.41. The molecule has 0 radical (unpaired) electrons. The van der Waals surface area contributed by atoms with E-state index in [0.29, 0.717) is 30.1 Å². The Balaban J connectivity index is 1.73. The lowest BCUT2D eigenvalue weighted by molar-refractivity contribution is -0.121. The summed E-state index contributed by atoms with van der Waals surface area (Å²) in [5.41, 5.74) is 1.00. The molecule has 19 heavy (non-hydrogen) atoms. The van der Waals surface area contributed by atoms with E-state index in [1.807, 2.05) is 6.07 Å². The van der Waals surface area contributed by atoms with Crippen LogP contribution in [0, 0.1) is 11.3 Å². The molecule has 5 nitrogen and oxygen atoms in total. The number of carbonyl (C=O) groups excluding carboxylic acids is 2. The average Bonchev–Trinajstić information content (AvgIpc) is 3.22. The van der Waals surface area contributed by atoms with Crippen molar-refractivity contribution < 1.29 is 9.59 Å². The predicted octanol–water partition coefficient (Wildman–Crippen LogP) is 0.957. The molecule has 0 unspecified atom stereocenters. The fourth-order valence-electron chi connectivity index (χ4n) is 1.62. The van der Waals surface area contributed by atoms with Crippen molar-refractivity contribution in [2.75, 3.05) is 6.54 Å². The zero-order valence-electron chi connectivity index (χ0n) is 10.5. The average molecular weight is 257 g/mol. The number of benzene rings is 1. The first-order chi connectivity index (χ1) is 9.19. The van der Waals surface area contributed by atoms with Crippen molar-refractivity contribution in [3.63, 3.8) is 0 Å². The van der Waals surface area contributed by atoms with E-state index < -0.39 is 0 Å². The van der Waals surface area contributed by atoms with Crippen LogP contribution in [0.25, 0.3) is 0 Å². The van der Waals surface area contributed by atoms with Gasteiger partial charge >= 0.3 is 0 Å². The van der Waals surface area contributed by atoms with Gasteiger partial charge in [0.2, 0.25) is 5.91 Å². The molecule has 0 aliphatic heterocycles. The summed E-state index contributed by atoms with van der Waals surface area (Å²) < 4.78 is 0. The van der Waals surface area contributed by atoms with Gasteiger partial charge in [-0.3, -0.25) is 9.59 Å². The van der Waals surface area contributed by atoms with Crippen molar-refractivity contribution in [1.29, 1.82) is 5.26 Å². The third-order valence-electron chi connectivity index (χ3n) is 2.86. The van der Waals surface area contributed by atoms with Crippen LogP contribution in [0.4, 0.5) is 0 Å². The van der Waals surface area contributed by atoms with E-state index in [2.05, 4.69) is 10.6 Å². The fraction of sp³-hybridized carbons (Fsp3) is 0.357. The van der Waals surface area contributed by atoms with Gasteiger partial charge in [-0.25, -0.2) is 0 Å². The van der Waals surface area contributed by atoms with Crippen LogP contribution in [0.15, 0.2) is 24.3 Å². The number of rotatable bonds is 5. The molecule has 1 aromatic rings. The number of hydrogen-bond acceptors (Lipinski definition) is 3. The summed E-state index contributed by atoms with van der Waals surface area (Å²) in [6, 6.07) is 8.71. The Hall–Kier alpha value is -2.35. The molecule has 2 rings (SSSR count). The Morgan fingerprint density at radius 3 is 2.53 bits per heavy atom. The summed E-state index contributed by atoms with van der Waals surface area (Å²) in [4.78, 5) is 23.1. The van der Waals surface area contributed by atoms with Gasteiger partial charge in [0.05, 0.1) is 11.6 Å². The van der Waals surface area contributed by atoms with Crippen molar-refractivity contribution in [3.05, 3.63) is 35.4 Å². The second kappa shape index (κ2) is 6.01. The molecule has 0 heterocycles. The van der Waals surface area contributed by atoms with E-state index >= 15 is 0 Å². The number of hydrogen-bond donors (Lipinski definition) is 2. The second-order valence-corrected chi connectivity index (χ2v) is 4.54. The Morgan fingerprint density at radius 1 is 1.26 bits per heavy atom. The normalized spacial score (nSPS) is 13.4. The highest BCUT2D eigenvalue weighted by atomic mass is 16.2. The van der Waals surface area contributed by atoms with Gasteiger partial charge in [0.25, 0.3) is 5.91 Å². The number of nitriles is 1. The van der Waals surface area contributed by atoms with Crippen LogP contribution in [-0.4, -0.2) is 24.4 Å². The highest BCUT2D eigenvalue weighted by molar-refractivity contribution is 5.94. The maximum atomic E-state index is 11.7. The molecule has 1 aliphatic carbocycles. The number of nitrogens with zero attached hydrogens (tertiary/aromatic N) is 1. The van der Waals surface area contributed by atoms with Crippen LogP contribution in [0.1, 0.15) is 35.2 Å². The van der Waals surface area contributed by atoms with Crippen LogP contribution < -0.4 is 10.6 Å². The van der Waals surface area contributed by atoms with Crippen LogP contribution in [0.5, 0.6) is 0 Å². The van der Waals surface area contributed by atoms with E-state index in [0.717, 1.165) is 12.8 Å². The smallest absolute Gasteiger partial charge is 0.251 e. The monoisotopic (exact) mass is 257 g/mol.